The van der Waals surface area contributed by atoms with Gasteiger partial charge < -0.3 is 14.2 Å². The summed E-state index contributed by atoms with van der Waals surface area (Å²) in [6, 6.07) is 21.1. The van der Waals surface area contributed by atoms with Crippen molar-refractivity contribution in [3.8, 4) is 0 Å². The monoisotopic (exact) mass is 453 g/mol. The predicted octanol–water partition coefficient (Wildman–Crippen LogP) is 5.72. The summed E-state index contributed by atoms with van der Waals surface area (Å²) in [5.74, 6) is -0.946. The van der Waals surface area contributed by atoms with Gasteiger partial charge in [0.1, 0.15) is 5.60 Å². The van der Waals surface area contributed by atoms with Crippen molar-refractivity contribution in [1.29, 1.82) is 0 Å². The first-order valence-electron chi connectivity index (χ1n) is 12.0. The lowest BCUT2D eigenvalue weighted by molar-refractivity contribution is -0.301. The quantitative estimate of drug-likeness (QED) is 0.455. The molecular weight excluding hydrogens is 414 g/mol. The first-order valence-corrected chi connectivity index (χ1v) is 12.0. The molecule has 0 aromatic heterocycles. The fraction of sp³-hybridized carbons (Fsp3) is 0.536. The molecule has 1 fully saturated rings. The van der Waals surface area contributed by atoms with Crippen LogP contribution in [0.5, 0.6) is 0 Å². The third kappa shape index (κ3) is 9.28. The van der Waals surface area contributed by atoms with Crippen LogP contribution in [0.15, 0.2) is 60.7 Å². The van der Waals surface area contributed by atoms with E-state index in [1.54, 1.807) is 0 Å². The van der Waals surface area contributed by atoms with Gasteiger partial charge in [0.15, 0.2) is 5.79 Å². The molecule has 0 saturated carbocycles. The molecule has 0 spiro atoms. The highest BCUT2D eigenvalue weighted by atomic mass is 16.7. The number of ether oxygens (including phenoxy) is 3. The maximum atomic E-state index is 12.4. The van der Waals surface area contributed by atoms with Gasteiger partial charge in [0.2, 0.25) is 0 Å². The lowest BCUT2D eigenvalue weighted by Gasteiger charge is -2.41. The van der Waals surface area contributed by atoms with Crippen molar-refractivity contribution in [2.75, 3.05) is 6.54 Å². The van der Waals surface area contributed by atoms with Crippen LogP contribution >= 0.6 is 0 Å². The zero-order valence-electron chi connectivity index (χ0n) is 20.8. The van der Waals surface area contributed by atoms with Crippen LogP contribution in [0, 0.1) is 0 Å². The molecule has 1 heterocycles. The van der Waals surface area contributed by atoms with Crippen molar-refractivity contribution in [3.63, 3.8) is 0 Å². The smallest absolute Gasteiger partial charge is 0.308 e. The molecule has 1 aliphatic rings. The molecule has 0 aliphatic carbocycles. The van der Waals surface area contributed by atoms with E-state index in [-0.39, 0.29) is 24.6 Å². The molecule has 5 heteroatoms. The van der Waals surface area contributed by atoms with Crippen molar-refractivity contribution in [1.82, 2.24) is 4.90 Å². The van der Waals surface area contributed by atoms with E-state index in [0.717, 1.165) is 26.1 Å². The normalized spacial score (nSPS) is 20.5. The largest absolute Gasteiger partial charge is 0.460 e. The average molecular weight is 454 g/mol. The lowest BCUT2D eigenvalue weighted by Crippen LogP contribution is -2.46. The molecule has 1 saturated heterocycles. The predicted molar refractivity (Wildman–Crippen MR) is 131 cm³/mol. The second kappa shape index (κ2) is 11.3. The first-order chi connectivity index (χ1) is 15.6. The number of carbonyl (C=O) groups excluding carboxylic acids is 1. The SMILES string of the molecule is CC(C)(C)OC(=O)C[C@H]1C[C@@H](CCN(Cc2ccccc2)Cc2ccccc2)OC(C)(C)O1. The van der Waals surface area contributed by atoms with Crippen molar-refractivity contribution < 1.29 is 19.0 Å². The van der Waals surface area contributed by atoms with Crippen molar-refractivity contribution >= 4 is 5.97 Å². The summed E-state index contributed by atoms with van der Waals surface area (Å²) >= 11 is 0. The molecule has 1 aliphatic heterocycles. The lowest BCUT2D eigenvalue weighted by atomic mass is 10.0. The summed E-state index contributed by atoms with van der Waals surface area (Å²) in [6.45, 7) is 12.2. The fourth-order valence-electron chi connectivity index (χ4n) is 4.31. The number of esters is 1. The van der Waals surface area contributed by atoms with E-state index in [1.165, 1.54) is 11.1 Å². The Balaban J connectivity index is 1.62. The maximum Gasteiger partial charge on any atom is 0.308 e. The van der Waals surface area contributed by atoms with Crippen LogP contribution in [-0.4, -0.2) is 41.0 Å². The van der Waals surface area contributed by atoms with Crippen LogP contribution in [-0.2, 0) is 32.1 Å². The number of benzene rings is 2. The molecule has 0 bridgehead atoms. The summed E-state index contributed by atoms with van der Waals surface area (Å²) in [7, 11) is 0. The topological polar surface area (TPSA) is 48.0 Å². The van der Waals surface area contributed by atoms with Gasteiger partial charge in [-0.1, -0.05) is 60.7 Å². The molecule has 2 aromatic carbocycles. The van der Waals surface area contributed by atoms with Gasteiger partial charge in [0, 0.05) is 26.1 Å². The van der Waals surface area contributed by atoms with Crippen molar-refractivity contribution in [2.45, 2.75) is 90.6 Å². The Morgan fingerprint density at radius 1 is 0.939 bits per heavy atom. The minimum Gasteiger partial charge on any atom is -0.460 e. The van der Waals surface area contributed by atoms with Crippen molar-refractivity contribution in [2.24, 2.45) is 0 Å². The second-order valence-electron chi connectivity index (χ2n) is 10.4. The Labute approximate surface area is 199 Å². The highest BCUT2D eigenvalue weighted by Crippen LogP contribution is 2.30. The Kier molecular flexibility index (Phi) is 8.69. The van der Waals surface area contributed by atoms with Crippen LogP contribution < -0.4 is 0 Å². The van der Waals surface area contributed by atoms with Gasteiger partial charge in [-0.05, 0) is 52.2 Å². The molecule has 5 nitrogen and oxygen atoms in total. The Hall–Kier alpha value is -2.21. The van der Waals surface area contributed by atoms with Gasteiger partial charge in [0.25, 0.3) is 0 Å². The zero-order chi connectivity index (χ0) is 23.9. The van der Waals surface area contributed by atoms with E-state index in [9.17, 15) is 4.79 Å². The van der Waals surface area contributed by atoms with Crippen LogP contribution in [0.4, 0.5) is 0 Å². The second-order valence-corrected chi connectivity index (χ2v) is 10.4. The summed E-state index contributed by atoms with van der Waals surface area (Å²) in [5, 5.41) is 0. The van der Waals surface area contributed by atoms with Crippen molar-refractivity contribution in [3.05, 3.63) is 71.8 Å². The summed E-state index contributed by atoms with van der Waals surface area (Å²) < 4.78 is 17.8. The van der Waals surface area contributed by atoms with Crippen LogP contribution in [0.1, 0.15) is 65.0 Å². The van der Waals surface area contributed by atoms with Crippen LogP contribution in [0.2, 0.25) is 0 Å². The summed E-state index contributed by atoms with van der Waals surface area (Å²) in [5.41, 5.74) is 2.10. The standard InChI is InChI=1S/C28H39NO4/c1-27(2,3)33-26(30)19-25-18-24(31-28(4,5)32-25)16-17-29(20-22-12-8-6-9-13-22)21-23-14-10-7-11-15-23/h6-15,24-25H,16-21H2,1-5H3/t24-,25-/m1/s1. The molecule has 33 heavy (non-hydrogen) atoms. The molecule has 0 amide bonds. The maximum absolute atomic E-state index is 12.4. The zero-order valence-corrected chi connectivity index (χ0v) is 20.8. The van der Waals surface area contributed by atoms with Crippen LogP contribution in [0.3, 0.4) is 0 Å². The average Bonchev–Trinajstić information content (AvgIpc) is 2.71. The minimum absolute atomic E-state index is 0.0234. The highest BCUT2D eigenvalue weighted by Gasteiger charge is 2.37. The Bertz CT molecular complexity index is 819. The Morgan fingerprint density at radius 3 is 1.97 bits per heavy atom. The number of nitrogens with zero attached hydrogens (tertiary/aromatic N) is 1. The van der Waals surface area contributed by atoms with E-state index in [2.05, 4.69) is 53.4 Å². The number of hydrogen-bond acceptors (Lipinski definition) is 5. The molecule has 0 radical (unpaired) electrons. The van der Waals surface area contributed by atoms with Gasteiger partial charge in [-0.2, -0.15) is 0 Å². The molecule has 3 rings (SSSR count). The molecule has 0 unspecified atom stereocenters. The van der Waals surface area contributed by atoms with E-state index in [1.807, 2.05) is 46.8 Å². The fourth-order valence-corrected chi connectivity index (χ4v) is 4.31. The third-order valence-corrected chi connectivity index (χ3v) is 5.51. The molecule has 2 atom stereocenters. The van der Waals surface area contributed by atoms with E-state index in [0.29, 0.717) is 6.42 Å². The Morgan fingerprint density at radius 2 is 1.45 bits per heavy atom. The molecule has 180 valence electrons. The summed E-state index contributed by atoms with van der Waals surface area (Å²) in [6.07, 6.45) is 1.63. The van der Waals surface area contributed by atoms with Gasteiger partial charge in [0.05, 0.1) is 18.6 Å². The van der Waals surface area contributed by atoms with Crippen LogP contribution in [0.25, 0.3) is 0 Å². The number of hydrogen-bond donors (Lipinski definition) is 0. The van der Waals surface area contributed by atoms with E-state index < -0.39 is 11.4 Å². The highest BCUT2D eigenvalue weighted by molar-refractivity contribution is 5.70. The van der Waals surface area contributed by atoms with Gasteiger partial charge in [-0.3, -0.25) is 9.69 Å². The molecular formula is C28H39NO4. The first kappa shape index (κ1) is 25.4. The molecule has 0 N–H and O–H groups in total. The van der Waals surface area contributed by atoms with Gasteiger partial charge in [-0.25, -0.2) is 0 Å². The summed E-state index contributed by atoms with van der Waals surface area (Å²) in [4.78, 5) is 14.8. The minimum atomic E-state index is -0.723. The van der Waals surface area contributed by atoms with E-state index >= 15 is 0 Å². The van der Waals surface area contributed by atoms with Gasteiger partial charge in [-0.15, -0.1) is 0 Å². The van der Waals surface area contributed by atoms with Gasteiger partial charge >= 0.3 is 5.97 Å². The number of carbonyl (C=O) groups is 1. The van der Waals surface area contributed by atoms with E-state index in [4.69, 9.17) is 14.2 Å². The number of rotatable bonds is 9. The molecule has 2 aromatic rings. The third-order valence-electron chi connectivity index (χ3n) is 5.51.